The number of rotatable bonds is 6. The van der Waals surface area contributed by atoms with Crippen molar-refractivity contribution in [2.75, 3.05) is 17.7 Å². The van der Waals surface area contributed by atoms with E-state index in [1.807, 2.05) is 6.92 Å². The number of nitrogens with zero attached hydrogens (tertiary/aromatic N) is 2. The van der Waals surface area contributed by atoms with Crippen molar-refractivity contribution in [2.24, 2.45) is 0 Å². The van der Waals surface area contributed by atoms with Crippen molar-refractivity contribution < 1.29 is 13.9 Å². The third-order valence-electron chi connectivity index (χ3n) is 3.24. The van der Waals surface area contributed by atoms with Crippen molar-refractivity contribution in [1.29, 1.82) is 0 Å². The van der Waals surface area contributed by atoms with Crippen LogP contribution in [0, 0.1) is 11.6 Å². The maximum absolute atomic E-state index is 13.8. The summed E-state index contributed by atoms with van der Waals surface area (Å²) in [5.74, 6) is -1.90. The molecule has 21 heavy (non-hydrogen) atoms. The first-order valence-corrected chi connectivity index (χ1v) is 6.85. The van der Waals surface area contributed by atoms with E-state index in [-0.39, 0.29) is 24.1 Å². The number of nitrogens with one attached hydrogen (secondary N) is 1. The van der Waals surface area contributed by atoms with E-state index >= 15 is 0 Å². The molecule has 0 amide bonds. The van der Waals surface area contributed by atoms with Gasteiger partial charge in [-0.05, 0) is 18.6 Å². The molecule has 1 atom stereocenters. The lowest BCUT2D eigenvalue weighted by molar-refractivity contribution is 0.267. The Kier molecular flexibility index (Phi) is 4.85. The van der Waals surface area contributed by atoms with Crippen molar-refractivity contribution in [1.82, 2.24) is 9.97 Å². The van der Waals surface area contributed by atoms with Crippen molar-refractivity contribution in [3.05, 3.63) is 23.8 Å². The van der Waals surface area contributed by atoms with E-state index in [1.54, 1.807) is 0 Å². The van der Waals surface area contributed by atoms with Gasteiger partial charge in [0.15, 0.2) is 11.6 Å². The summed E-state index contributed by atoms with van der Waals surface area (Å²) in [6.07, 6.45) is 2.66. The van der Waals surface area contributed by atoms with Gasteiger partial charge in [-0.2, -0.15) is 4.98 Å². The van der Waals surface area contributed by atoms with Gasteiger partial charge < -0.3 is 16.2 Å². The minimum absolute atomic E-state index is 0.0882. The second-order valence-corrected chi connectivity index (χ2v) is 4.85. The molecule has 1 unspecified atom stereocenters. The summed E-state index contributed by atoms with van der Waals surface area (Å²) < 4.78 is 27.1. The highest BCUT2D eigenvalue weighted by atomic mass is 19.2. The molecule has 2 rings (SSSR count). The second kappa shape index (κ2) is 6.62. The average molecular weight is 296 g/mol. The van der Waals surface area contributed by atoms with E-state index in [2.05, 4.69) is 15.3 Å². The highest BCUT2D eigenvalue weighted by Crippen LogP contribution is 2.26. The molecule has 7 heteroatoms. The molecule has 1 aromatic carbocycles. The first-order valence-electron chi connectivity index (χ1n) is 6.85. The largest absolute Gasteiger partial charge is 0.394 e. The fraction of sp³-hybridized carbons (Fsp3) is 0.429. The molecule has 5 nitrogen and oxygen atoms in total. The van der Waals surface area contributed by atoms with Crippen LogP contribution in [0.1, 0.15) is 26.2 Å². The second-order valence-electron chi connectivity index (χ2n) is 4.85. The molecule has 114 valence electrons. The highest BCUT2D eigenvalue weighted by Gasteiger charge is 2.16. The predicted molar refractivity (Wildman–Crippen MR) is 77.9 cm³/mol. The fourth-order valence-corrected chi connectivity index (χ4v) is 2.12. The molecule has 0 radical (unpaired) electrons. The summed E-state index contributed by atoms with van der Waals surface area (Å²) in [4.78, 5) is 7.76. The molecule has 0 saturated heterocycles. The number of unbranched alkanes of at least 4 members (excludes halogenated alkanes) is 1. The average Bonchev–Trinajstić information content (AvgIpc) is 2.47. The van der Waals surface area contributed by atoms with Gasteiger partial charge in [-0.15, -0.1) is 0 Å². The lowest BCUT2D eigenvalue weighted by Gasteiger charge is -2.18. The zero-order valence-electron chi connectivity index (χ0n) is 11.7. The number of aliphatic hydroxyl groups is 1. The monoisotopic (exact) mass is 296 g/mol. The first-order chi connectivity index (χ1) is 10.1. The summed E-state index contributed by atoms with van der Waals surface area (Å²) in [6.45, 7) is 1.96. The zero-order valence-corrected chi connectivity index (χ0v) is 11.7. The number of hydrogen-bond donors (Lipinski definition) is 3. The third kappa shape index (κ3) is 3.36. The Hall–Kier alpha value is -2.02. The van der Waals surface area contributed by atoms with Gasteiger partial charge in [0.1, 0.15) is 11.3 Å². The SMILES string of the molecule is CCCCC(CO)Nc1nc(N)nc2c(F)c(F)ccc12. The van der Waals surface area contributed by atoms with E-state index in [4.69, 9.17) is 5.73 Å². The Morgan fingerprint density at radius 3 is 2.76 bits per heavy atom. The molecule has 0 fully saturated rings. The smallest absolute Gasteiger partial charge is 0.222 e. The highest BCUT2D eigenvalue weighted by molar-refractivity contribution is 5.90. The van der Waals surface area contributed by atoms with E-state index < -0.39 is 11.6 Å². The van der Waals surface area contributed by atoms with Crippen molar-refractivity contribution in [3.63, 3.8) is 0 Å². The number of hydrogen-bond acceptors (Lipinski definition) is 5. The summed E-state index contributed by atoms with van der Waals surface area (Å²) in [6, 6.07) is 2.18. The molecule has 0 bridgehead atoms. The molecular weight excluding hydrogens is 278 g/mol. The number of nitrogen functional groups attached to an aromatic ring is 1. The molecule has 0 saturated carbocycles. The number of fused-ring (bicyclic) bond motifs is 1. The Morgan fingerprint density at radius 2 is 2.10 bits per heavy atom. The fourth-order valence-electron chi connectivity index (χ4n) is 2.12. The zero-order chi connectivity index (χ0) is 15.4. The van der Waals surface area contributed by atoms with Gasteiger partial charge in [-0.1, -0.05) is 19.8 Å². The van der Waals surface area contributed by atoms with Crippen LogP contribution in [-0.2, 0) is 0 Å². The molecular formula is C14H18F2N4O. The van der Waals surface area contributed by atoms with Crippen LogP contribution in [0.15, 0.2) is 12.1 Å². The number of aromatic nitrogens is 2. The molecule has 1 heterocycles. The minimum Gasteiger partial charge on any atom is -0.394 e. The van der Waals surface area contributed by atoms with E-state index in [1.165, 1.54) is 6.07 Å². The summed E-state index contributed by atoms with van der Waals surface area (Å²) >= 11 is 0. The van der Waals surface area contributed by atoms with Gasteiger partial charge in [-0.3, -0.25) is 0 Å². The third-order valence-corrected chi connectivity index (χ3v) is 3.24. The number of benzene rings is 1. The number of halogens is 2. The van der Waals surface area contributed by atoms with Gasteiger partial charge >= 0.3 is 0 Å². The quantitative estimate of drug-likeness (QED) is 0.762. The van der Waals surface area contributed by atoms with Crippen LogP contribution in [0.4, 0.5) is 20.5 Å². The first kappa shape index (κ1) is 15.4. The van der Waals surface area contributed by atoms with Gasteiger partial charge in [0.25, 0.3) is 0 Å². The van der Waals surface area contributed by atoms with Crippen LogP contribution in [0.25, 0.3) is 10.9 Å². The standard InChI is InChI=1S/C14H18F2N4O/c1-2-3-4-8(7-21)18-13-9-5-6-10(15)11(16)12(9)19-14(17)20-13/h5-6,8,21H,2-4,7H2,1H3,(H3,17,18,19,20). The van der Waals surface area contributed by atoms with Crippen molar-refractivity contribution in [3.8, 4) is 0 Å². The summed E-state index contributed by atoms with van der Waals surface area (Å²) in [5.41, 5.74) is 5.38. The van der Waals surface area contributed by atoms with Crippen LogP contribution in [-0.4, -0.2) is 27.7 Å². The van der Waals surface area contributed by atoms with Crippen LogP contribution >= 0.6 is 0 Å². The maximum atomic E-state index is 13.8. The Morgan fingerprint density at radius 1 is 1.33 bits per heavy atom. The molecule has 0 aliphatic rings. The van der Waals surface area contributed by atoms with Gasteiger partial charge in [0, 0.05) is 5.39 Å². The number of nitrogens with two attached hydrogens (primary N) is 1. The predicted octanol–water partition coefficient (Wildman–Crippen LogP) is 2.45. The van der Waals surface area contributed by atoms with Crippen LogP contribution < -0.4 is 11.1 Å². The van der Waals surface area contributed by atoms with Crippen LogP contribution in [0.3, 0.4) is 0 Å². The molecule has 0 aliphatic heterocycles. The minimum atomic E-state index is -1.06. The molecule has 4 N–H and O–H groups in total. The van der Waals surface area contributed by atoms with Crippen molar-refractivity contribution in [2.45, 2.75) is 32.2 Å². The Labute approximate surface area is 121 Å². The maximum Gasteiger partial charge on any atom is 0.222 e. The molecule has 0 spiro atoms. The van der Waals surface area contributed by atoms with Crippen molar-refractivity contribution >= 4 is 22.7 Å². The van der Waals surface area contributed by atoms with E-state index in [9.17, 15) is 13.9 Å². The van der Waals surface area contributed by atoms with Gasteiger partial charge in [0.05, 0.1) is 12.6 Å². The number of aliphatic hydroxyl groups excluding tert-OH is 1. The van der Waals surface area contributed by atoms with Crippen LogP contribution in [0.5, 0.6) is 0 Å². The number of anilines is 2. The van der Waals surface area contributed by atoms with Gasteiger partial charge in [0.2, 0.25) is 5.95 Å². The topological polar surface area (TPSA) is 84.1 Å². The normalized spacial score (nSPS) is 12.6. The Balaban J connectivity index is 2.41. The summed E-state index contributed by atoms with van der Waals surface area (Å²) in [7, 11) is 0. The summed E-state index contributed by atoms with van der Waals surface area (Å²) in [5, 5.41) is 12.7. The van der Waals surface area contributed by atoms with Crippen LogP contribution in [0.2, 0.25) is 0 Å². The molecule has 2 aromatic rings. The van der Waals surface area contributed by atoms with E-state index in [0.29, 0.717) is 11.2 Å². The Bertz CT molecular complexity index is 636. The van der Waals surface area contributed by atoms with E-state index in [0.717, 1.165) is 25.3 Å². The molecule has 0 aliphatic carbocycles. The lowest BCUT2D eigenvalue weighted by Crippen LogP contribution is -2.24. The lowest BCUT2D eigenvalue weighted by atomic mass is 10.1. The molecule has 1 aromatic heterocycles. The van der Waals surface area contributed by atoms with Gasteiger partial charge in [-0.25, -0.2) is 13.8 Å².